The largest absolute Gasteiger partial charge is 0.481 e. The lowest BCUT2D eigenvalue weighted by Gasteiger charge is -2.29. The molecule has 1 N–H and O–H groups in total. The lowest BCUT2D eigenvalue weighted by molar-refractivity contribution is -0.168. The number of carbonyl (C=O) groups is 3. The molecular formula is C26H29N3O7. The quantitative estimate of drug-likeness (QED) is 0.314. The molecule has 0 aliphatic heterocycles. The molecule has 2 heterocycles. The fraction of sp³-hybridized carbons (Fsp3) is 0.346. The van der Waals surface area contributed by atoms with Crippen molar-refractivity contribution < 1.29 is 33.0 Å². The Morgan fingerprint density at radius 3 is 2.14 bits per heavy atom. The van der Waals surface area contributed by atoms with Crippen LogP contribution in [-0.2, 0) is 30.3 Å². The molecule has 0 aliphatic rings. The molecule has 0 bridgehead atoms. The molecule has 10 heteroatoms. The zero-order valence-electron chi connectivity index (χ0n) is 20.7. The molecule has 0 aliphatic carbocycles. The van der Waals surface area contributed by atoms with Crippen LogP contribution in [0.1, 0.15) is 32.8 Å². The number of aromatic nitrogens is 2. The van der Waals surface area contributed by atoms with Gasteiger partial charge in [-0.2, -0.15) is 0 Å². The Morgan fingerprint density at radius 1 is 0.972 bits per heavy atom. The summed E-state index contributed by atoms with van der Waals surface area (Å²) in [5, 5.41) is 2.47. The van der Waals surface area contributed by atoms with Gasteiger partial charge in [0.1, 0.15) is 12.0 Å². The summed E-state index contributed by atoms with van der Waals surface area (Å²) in [5.74, 6) is -1.32. The van der Waals surface area contributed by atoms with Gasteiger partial charge in [0, 0.05) is 24.8 Å². The minimum Gasteiger partial charge on any atom is -0.481 e. The van der Waals surface area contributed by atoms with Crippen LogP contribution < -0.4 is 10.1 Å². The highest BCUT2D eigenvalue weighted by atomic mass is 16.6. The molecule has 190 valence electrons. The van der Waals surface area contributed by atoms with E-state index in [0.29, 0.717) is 29.4 Å². The number of pyridine rings is 1. The molecule has 1 amide bonds. The molecule has 36 heavy (non-hydrogen) atoms. The maximum Gasteiger partial charge on any atom is 0.343 e. The molecule has 0 radical (unpaired) electrons. The molecule has 0 unspecified atom stereocenters. The lowest BCUT2D eigenvalue weighted by Crippen LogP contribution is -2.61. The van der Waals surface area contributed by atoms with Crippen LogP contribution in [0.4, 0.5) is 0 Å². The van der Waals surface area contributed by atoms with Crippen molar-refractivity contribution in [2.75, 3.05) is 20.3 Å². The molecular weight excluding hydrogens is 466 g/mol. The first-order valence-corrected chi connectivity index (χ1v) is 11.5. The van der Waals surface area contributed by atoms with Crippen LogP contribution in [0.5, 0.6) is 5.88 Å². The van der Waals surface area contributed by atoms with Gasteiger partial charge in [0.25, 0.3) is 0 Å². The Kier molecular flexibility index (Phi) is 8.77. The number of rotatable bonds is 11. The molecule has 0 spiro atoms. The molecule has 2 aromatic heterocycles. The van der Waals surface area contributed by atoms with Gasteiger partial charge >= 0.3 is 11.9 Å². The van der Waals surface area contributed by atoms with E-state index in [4.69, 9.17) is 18.6 Å². The van der Waals surface area contributed by atoms with Gasteiger partial charge in [0.15, 0.2) is 0 Å². The van der Waals surface area contributed by atoms with E-state index in [9.17, 15) is 14.4 Å². The number of amides is 1. The second-order valence-electron chi connectivity index (χ2n) is 7.85. The lowest BCUT2D eigenvalue weighted by atomic mass is 9.90. The van der Waals surface area contributed by atoms with Crippen LogP contribution in [0.2, 0.25) is 0 Å². The van der Waals surface area contributed by atoms with E-state index >= 15 is 0 Å². The number of hydrogen-bond donors (Lipinski definition) is 1. The Hall–Kier alpha value is -4.21. The highest BCUT2D eigenvalue weighted by Gasteiger charge is 2.49. The third-order valence-electron chi connectivity index (χ3n) is 5.37. The Labute approximate surface area is 209 Å². The van der Waals surface area contributed by atoms with Crippen LogP contribution >= 0.6 is 0 Å². The molecule has 0 fully saturated rings. The van der Waals surface area contributed by atoms with E-state index in [1.54, 1.807) is 45.6 Å². The zero-order valence-corrected chi connectivity index (χ0v) is 20.7. The Bertz CT molecular complexity index is 1170. The number of aryl methyl sites for hydroxylation is 1. The van der Waals surface area contributed by atoms with Crippen LogP contribution in [-0.4, -0.2) is 53.7 Å². The molecule has 1 aromatic carbocycles. The van der Waals surface area contributed by atoms with E-state index < -0.39 is 23.4 Å². The standard InChI is InChI=1S/C26H29N3O7/c1-5-34-24(31)26(29-17(3)30,25(32)35-6-2)14-13-18-7-9-19(10-8-18)21-16-36-23(28-21)20-11-12-22(33-4)27-15-20/h7-12,15-16H,5-6,13-14H2,1-4H3,(H,29,30). The van der Waals surface area contributed by atoms with Crippen LogP contribution in [0.15, 0.2) is 53.3 Å². The summed E-state index contributed by atoms with van der Waals surface area (Å²) >= 11 is 0. The second kappa shape index (κ2) is 12.0. The maximum absolute atomic E-state index is 12.8. The second-order valence-corrected chi connectivity index (χ2v) is 7.85. The van der Waals surface area contributed by atoms with Crippen molar-refractivity contribution in [2.24, 2.45) is 0 Å². The van der Waals surface area contributed by atoms with Crippen molar-refractivity contribution in [3.63, 3.8) is 0 Å². The molecule has 3 aromatic rings. The molecule has 0 saturated heterocycles. The number of hydrogen-bond acceptors (Lipinski definition) is 9. The SMILES string of the molecule is CCOC(=O)C(CCc1ccc(-c2coc(-c3ccc(OC)nc3)n2)cc1)(NC(C)=O)C(=O)OCC. The normalized spacial score (nSPS) is 11.0. The fourth-order valence-electron chi connectivity index (χ4n) is 3.60. The highest BCUT2D eigenvalue weighted by molar-refractivity contribution is 6.07. The first kappa shape index (κ1) is 26.4. The van der Waals surface area contributed by atoms with Crippen molar-refractivity contribution in [3.8, 4) is 28.6 Å². The third kappa shape index (κ3) is 6.07. The highest BCUT2D eigenvalue weighted by Crippen LogP contribution is 2.26. The van der Waals surface area contributed by atoms with E-state index in [-0.39, 0.29) is 19.6 Å². The van der Waals surface area contributed by atoms with Gasteiger partial charge in [-0.25, -0.2) is 19.6 Å². The molecule has 10 nitrogen and oxygen atoms in total. The van der Waals surface area contributed by atoms with Gasteiger partial charge in [-0.3, -0.25) is 4.79 Å². The van der Waals surface area contributed by atoms with Gasteiger partial charge in [-0.05, 0) is 38.3 Å². The van der Waals surface area contributed by atoms with Crippen molar-refractivity contribution in [3.05, 3.63) is 54.4 Å². The Balaban J connectivity index is 1.77. The third-order valence-corrected chi connectivity index (χ3v) is 5.37. The first-order valence-electron chi connectivity index (χ1n) is 11.5. The van der Waals surface area contributed by atoms with Gasteiger partial charge in [-0.1, -0.05) is 24.3 Å². The van der Waals surface area contributed by atoms with Crippen molar-refractivity contribution in [1.29, 1.82) is 0 Å². The van der Waals surface area contributed by atoms with Crippen LogP contribution in [0.25, 0.3) is 22.7 Å². The summed E-state index contributed by atoms with van der Waals surface area (Å²) < 4.78 is 20.9. The van der Waals surface area contributed by atoms with Gasteiger partial charge in [0.2, 0.25) is 23.2 Å². The molecule has 0 saturated carbocycles. The average Bonchev–Trinajstić information content (AvgIpc) is 3.37. The Morgan fingerprint density at radius 2 is 1.61 bits per heavy atom. The number of carbonyl (C=O) groups excluding carboxylic acids is 3. The summed E-state index contributed by atoms with van der Waals surface area (Å²) in [4.78, 5) is 46.1. The van der Waals surface area contributed by atoms with Crippen molar-refractivity contribution in [2.45, 2.75) is 39.2 Å². The van der Waals surface area contributed by atoms with Gasteiger partial charge < -0.3 is 23.9 Å². The monoisotopic (exact) mass is 495 g/mol. The maximum atomic E-state index is 12.8. The average molecular weight is 496 g/mol. The summed E-state index contributed by atoms with van der Waals surface area (Å²) in [7, 11) is 1.54. The minimum absolute atomic E-state index is 0.0256. The number of nitrogens with zero attached hydrogens (tertiary/aromatic N) is 2. The topological polar surface area (TPSA) is 130 Å². The van der Waals surface area contributed by atoms with Crippen molar-refractivity contribution >= 4 is 17.8 Å². The van der Waals surface area contributed by atoms with E-state index in [1.807, 2.05) is 24.3 Å². The minimum atomic E-state index is -1.93. The first-order chi connectivity index (χ1) is 17.3. The number of nitrogens with one attached hydrogen (secondary N) is 1. The van der Waals surface area contributed by atoms with E-state index in [2.05, 4.69) is 15.3 Å². The van der Waals surface area contributed by atoms with E-state index in [1.165, 1.54) is 6.92 Å². The predicted octanol–water partition coefficient (Wildman–Crippen LogP) is 3.35. The van der Waals surface area contributed by atoms with Crippen LogP contribution in [0, 0.1) is 0 Å². The smallest absolute Gasteiger partial charge is 0.343 e. The summed E-state index contributed by atoms with van der Waals surface area (Å²) in [5.41, 5.74) is 1.08. The summed E-state index contributed by atoms with van der Waals surface area (Å²) in [6.45, 7) is 4.60. The van der Waals surface area contributed by atoms with Gasteiger partial charge in [0.05, 0.1) is 25.9 Å². The van der Waals surface area contributed by atoms with Gasteiger partial charge in [-0.15, -0.1) is 0 Å². The zero-order chi connectivity index (χ0) is 26.1. The summed E-state index contributed by atoms with van der Waals surface area (Å²) in [6, 6.07) is 11.0. The molecule has 0 atom stereocenters. The number of esters is 2. The number of ether oxygens (including phenoxy) is 3. The summed E-state index contributed by atoms with van der Waals surface area (Å²) in [6.07, 6.45) is 3.45. The fourth-order valence-corrected chi connectivity index (χ4v) is 3.60. The number of methoxy groups -OCH3 is 1. The van der Waals surface area contributed by atoms with Crippen LogP contribution in [0.3, 0.4) is 0 Å². The predicted molar refractivity (Wildman–Crippen MR) is 130 cm³/mol. The number of benzene rings is 1. The number of oxazole rings is 1. The van der Waals surface area contributed by atoms with E-state index in [0.717, 1.165) is 11.1 Å². The molecule has 3 rings (SSSR count). The van der Waals surface area contributed by atoms with Crippen molar-refractivity contribution in [1.82, 2.24) is 15.3 Å².